The first-order chi connectivity index (χ1) is 11.6. The van der Waals surface area contributed by atoms with E-state index in [1.54, 1.807) is 0 Å². The summed E-state index contributed by atoms with van der Waals surface area (Å²) in [4.78, 5) is 6.76. The third-order valence-corrected chi connectivity index (χ3v) is 3.98. The van der Waals surface area contributed by atoms with Crippen molar-refractivity contribution in [3.63, 3.8) is 0 Å². The topological polar surface area (TPSA) is 62.9 Å². The van der Waals surface area contributed by atoms with Crippen LogP contribution in [0, 0.1) is 5.92 Å². The number of nitrogens with two attached hydrogens (primary N) is 1. The Bertz CT molecular complexity index is 484. The molecule has 0 aliphatic carbocycles. The maximum absolute atomic E-state index is 5.94. The first-order valence-electron chi connectivity index (χ1n) is 9.03. The summed E-state index contributed by atoms with van der Waals surface area (Å²) in [5, 5.41) is 3.16. The average Bonchev–Trinajstić information content (AvgIpc) is 2.57. The highest BCUT2D eigenvalue weighted by molar-refractivity contribution is 5.77. The fraction of sp³-hybridized carbons (Fsp3) is 0.632. The van der Waals surface area contributed by atoms with Gasteiger partial charge in [0.2, 0.25) is 0 Å². The van der Waals surface area contributed by atoms with Crippen molar-refractivity contribution in [2.75, 3.05) is 32.8 Å². The first kappa shape index (κ1) is 20.3. The number of rotatable bonds is 11. The predicted molar refractivity (Wildman–Crippen MR) is 103 cm³/mol. The van der Waals surface area contributed by atoms with E-state index < -0.39 is 0 Å². The van der Waals surface area contributed by atoms with E-state index in [1.165, 1.54) is 0 Å². The largest absolute Gasteiger partial charge is 0.492 e. The van der Waals surface area contributed by atoms with Gasteiger partial charge in [-0.25, -0.2) is 4.99 Å². The van der Waals surface area contributed by atoms with E-state index in [9.17, 15) is 0 Å². The Morgan fingerprint density at radius 3 is 2.62 bits per heavy atom. The highest BCUT2D eigenvalue weighted by Crippen LogP contribution is 2.18. The van der Waals surface area contributed by atoms with E-state index in [0.29, 0.717) is 25.0 Å². The van der Waals surface area contributed by atoms with Gasteiger partial charge in [0, 0.05) is 18.7 Å². The summed E-state index contributed by atoms with van der Waals surface area (Å²) in [6.07, 6.45) is 1.08. The average molecular weight is 335 g/mol. The van der Waals surface area contributed by atoms with Crippen molar-refractivity contribution >= 4 is 5.96 Å². The lowest BCUT2D eigenvalue weighted by molar-refractivity contribution is 0.221. The molecule has 1 aromatic rings. The molecule has 5 nitrogen and oxygen atoms in total. The molecule has 0 bridgehead atoms. The molecule has 136 valence electrons. The molecular weight excluding hydrogens is 300 g/mol. The molecule has 0 fully saturated rings. The molecule has 1 rings (SSSR count). The Labute approximate surface area is 147 Å². The van der Waals surface area contributed by atoms with Gasteiger partial charge in [0.1, 0.15) is 12.4 Å². The van der Waals surface area contributed by atoms with Crippen molar-refractivity contribution in [3.8, 4) is 5.75 Å². The third kappa shape index (κ3) is 8.20. The summed E-state index contributed by atoms with van der Waals surface area (Å²) in [7, 11) is 0. The van der Waals surface area contributed by atoms with Crippen molar-refractivity contribution in [1.29, 1.82) is 0 Å². The molecule has 0 saturated heterocycles. The van der Waals surface area contributed by atoms with E-state index in [-0.39, 0.29) is 0 Å². The summed E-state index contributed by atoms with van der Waals surface area (Å²) in [6.45, 7) is 13.8. The van der Waals surface area contributed by atoms with Crippen molar-refractivity contribution in [1.82, 2.24) is 10.2 Å². The number of guanidine groups is 1. The van der Waals surface area contributed by atoms with E-state index in [1.807, 2.05) is 24.3 Å². The van der Waals surface area contributed by atoms with Crippen molar-refractivity contribution in [2.45, 2.75) is 40.7 Å². The predicted octanol–water partition coefficient (Wildman–Crippen LogP) is 2.86. The standard InChI is InChI=1S/C19H34N4O/c1-5-23(6-2)13-14-24-18-10-8-7-9-17(18)15-22-19(20)21-12-11-16(3)4/h7-10,16H,5-6,11-15H2,1-4H3,(H3,20,21,22). The van der Waals surface area contributed by atoms with E-state index >= 15 is 0 Å². The number of likely N-dealkylation sites (N-methyl/N-ethyl adjacent to an activating group) is 1. The normalized spacial score (nSPS) is 12.0. The molecule has 0 amide bonds. The van der Waals surface area contributed by atoms with Crippen LogP contribution in [-0.2, 0) is 6.54 Å². The van der Waals surface area contributed by atoms with Gasteiger partial charge in [-0.2, -0.15) is 0 Å². The molecule has 0 heterocycles. The molecule has 0 atom stereocenters. The Hall–Kier alpha value is -1.75. The third-order valence-electron chi connectivity index (χ3n) is 3.98. The zero-order valence-electron chi connectivity index (χ0n) is 15.7. The highest BCUT2D eigenvalue weighted by atomic mass is 16.5. The molecule has 0 aliphatic heterocycles. The van der Waals surface area contributed by atoms with Gasteiger partial charge in [-0.05, 0) is 31.5 Å². The fourth-order valence-electron chi connectivity index (χ4n) is 2.31. The number of hydrogen-bond acceptors (Lipinski definition) is 3. The van der Waals surface area contributed by atoms with E-state index in [4.69, 9.17) is 10.5 Å². The fourth-order valence-corrected chi connectivity index (χ4v) is 2.31. The van der Waals surface area contributed by atoms with Gasteiger partial charge < -0.3 is 20.7 Å². The summed E-state index contributed by atoms with van der Waals surface area (Å²) < 4.78 is 5.94. The Morgan fingerprint density at radius 2 is 1.96 bits per heavy atom. The zero-order chi connectivity index (χ0) is 17.8. The minimum atomic E-state index is 0.494. The molecular formula is C19H34N4O. The molecule has 0 unspecified atom stereocenters. The highest BCUT2D eigenvalue weighted by Gasteiger charge is 2.04. The number of para-hydroxylation sites is 1. The molecule has 0 saturated carbocycles. The monoisotopic (exact) mass is 334 g/mol. The molecule has 5 heteroatoms. The van der Waals surface area contributed by atoms with Crippen LogP contribution in [0.3, 0.4) is 0 Å². The maximum Gasteiger partial charge on any atom is 0.188 e. The lowest BCUT2D eigenvalue weighted by atomic mass is 10.1. The van der Waals surface area contributed by atoms with Crippen molar-refractivity contribution in [2.24, 2.45) is 16.6 Å². The number of benzene rings is 1. The maximum atomic E-state index is 5.94. The van der Waals surface area contributed by atoms with Crippen LogP contribution in [0.15, 0.2) is 29.3 Å². The lowest BCUT2D eigenvalue weighted by Gasteiger charge is -2.18. The smallest absolute Gasteiger partial charge is 0.188 e. The second-order valence-corrected chi connectivity index (χ2v) is 6.29. The van der Waals surface area contributed by atoms with Gasteiger partial charge in [-0.3, -0.25) is 0 Å². The van der Waals surface area contributed by atoms with Gasteiger partial charge >= 0.3 is 0 Å². The molecule has 0 aliphatic rings. The van der Waals surface area contributed by atoms with Crippen LogP contribution in [0.1, 0.15) is 39.7 Å². The van der Waals surface area contributed by atoms with Gasteiger partial charge in [-0.15, -0.1) is 0 Å². The Kier molecular flexibility index (Phi) is 9.92. The molecule has 0 aromatic heterocycles. The van der Waals surface area contributed by atoms with Gasteiger partial charge in [0.25, 0.3) is 0 Å². The second kappa shape index (κ2) is 11.7. The molecule has 1 aromatic carbocycles. The second-order valence-electron chi connectivity index (χ2n) is 6.29. The van der Waals surface area contributed by atoms with Crippen LogP contribution in [0.25, 0.3) is 0 Å². The van der Waals surface area contributed by atoms with E-state index in [2.05, 4.69) is 42.9 Å². The quantitative estimate of drug-likeness (QED) is 0.482. The minimum absolute atomic E-state index is 0.494. The first-order valence-corrected chi connectivity index (χ1v) is 9.03. The molecule has 0 radical (unpaired) electrons. The molecule has 0 spiro atoms. The van der Waals surface area contributed by atoms with Crippen LogP contribution in [-0.4, -0.2) is 43.6 Å². The Balaban J connectivity index is 2.50. The van der Waals surface area contributed by atoms with Crippen LogP contribution >= 0.6 is 0 Å². The minimum Gasteiger partial charge on any atom is -0.492 e. The lowest BCUT2D eigenvalue weighted by Crippen LogP contribution is -2.32. The van der Waals surface area contributed by atoms with Crippen LogP contribution in [0.4, 0.5) is 0 Å². The number of ether oxygens (including phenoxy) is 1. The number of hydrogen-bond donors (Lipinski definition) is 2. The number of nitrogens with one attached hydrogen (secondary N) is 1. The Morgan fingerprint density at radius 1 is 1.25 bits per heavy atom. The van der Waals surface area contributed by atoms with Gasteiger partial charge in [-0.1, -0.05) is 45.9 Å². The summed E-state index contributed by atoms with van der Waals surface area (Å²) >= 11 is 0. The van der Waals surface area contributed by atoms with Gasteiger partial charge in [0.05, 0.1) is 6.54 Å². The summed E-state index contributed by atoms with van der Waals surface area (Å²) in [5.74, 6) is 2.04. The van der Waals surface area contributed by atoms with Gasteiger partial charge in [0.15, 0.2) is 5.96 Å². The summed E-state index contributed by atoms with van der Waals surface area (Å²) in [6, 6.07) is 8.03. The number of aliphatic imine (C=N–C) groups is 1. The van der Waals surface area contributed by atoms with Crippen molar-refractivity contribution in [3.05, 3.63) is 29.8 Å². The number of nitrogens with zero attached hydrogens (tertiary/aromatic N) is 2. The van der Waals surface area contributed by atoms with Crippen LogP contribution in [0.5, 0.6) is 5.75 Å². The van der Waals surface area contributed by atoms with Crippen molar-refractivity contribution < 1.29 is 4.74 Å². The van der Waals surface area contributed by atoms with Crippen LogP contribution < -0.4 is 15.8 Å². The molecule has 24 heavy (non-hydrogen) atoms. The molecule has 3 N–H and O–H groups in total. The SMILES string of the molecule is CCN(CC)CCOc1ccccc1CN=C(N)NCCC(C)C. The van der Waals surface area contributed by atoms with Crippen LogP contribution in [0.2, 0.25) is 0 Å². The summed E-state index contributed by atoms with van der Waals surface area (Å²) in [5.41, 5.74) is 6.99. The van der Waals surface area contributed by atoms with E-state index in [0.717, 1.165) is 43.9 Å². The zero-order valence-corrected chi connectivity index (χ0v) is 15.7.